The molecule has 0 N–H and O–H groups in total. The van der Waals surface area contributed by atoms with Crippen LogP contribution in [0.4, 0.5) is 34.1 Å². The van der Waals surface area contributed by atoms with E-state index in [1.807, 2.05) is 0 Å². The van der Waals surface area contributed by atoms with E-state index in [2.05, 4.69) is 294 Å². The maximum absolute atomic E-state index is 2.45. The summed E-state index contributed by atoms with van der Waals surface area (Å²) >= 11 is 0. The Bertz CT molecular complexity index is 3690. The normalized spacial score (nSPS) is 14.7. The van der Waals surface area contributed by atoms with Crippen molar-refractivity contribution in [2.24, 2.45) is 0 Å². The van der Waals surface area contributed by atoms with Gasteiger partial charge in [-0.15, -0.1) is 0 Å². The third kappa shape index (κ3) is 7.22. The Morgan fingerprint density at radius 3 is 0.890 bits per heavy atom. The molecule has 0 saturated heterocycles. The lowest BCUT2D eigenvalue weighted by Gasteiger charge is -2.29. The van der Waals surface area contributed by atoms with Gasteiger partial charge in [-0.1, -0.05) is 211 Å². The van der Waals surface area contributed by atoms with Crippen molar-refractivity contribution in [2.75, 3.05) is 9.80 Å². The Labute approximate surface area is 431 Å². The molecular weight excluding hydrogens is 881 g/mol. The van der Waals surface area contributed by atoms with Gasteiger partial charge in [0.05, 0.1) is 0 Å². The molecule has 0 radical (unpaired) electrons. The molecule has 0 aliphatic heterocycles. The number of rotatable bonds is 9. The third-order valence-electron chi connectivity index (χ3n) is 16.5. The van der Waals surface area contributed by atoms with E-state index in [4.69, 9.17) is 0 Å². The zero-order chi connectivity index (χ0) is 49.6. The zero-order valence-electron chi connectivity index (χ0n) is 42.5. The minimum absolute atomic E-state index is 0.103. The third-order valence-corrected chi connectivity index (χ3v) is 16.5. The second-order valence-corrected chi connectivity index (χ2v) is 21.8. The van der Waals surface area contributed by atoms with E-state index < -0.39 is 0 Å². The lowest BCUT2D eigenvalue weighted by molar-refractivity contribution is 0.660. The van der Waals surface area contributed by atoms with Crippen LogP contribution < -0.4 is 9.80 Å². The zero-order valence-corrected chi connectivity index (χ0v) is 42.5. The standard InChI is InChI=1S/C71H58N2/c1-69(2)63-21-13-10-18-57(63)60-41-38-54(44-66(60)69)72(53-36-30-50(31-37-53)49-16-8-7-9-17-49)51-32-26-47(27-33-51)24-25-48-28-34-52(35-29-48)73(55-39-42-61-58-19-11-14-22-64(58)70(3,4)67(61)45-55)56-40-43-62-59-20-12-15-23-65(59)71(5,6)68(62)46-56/h7-46H,1-6H3/b25-24-. The minimum atomic E-state index is -0.111. The molecule has 3 aliphatic rings. The summed E-state index contributed by atoms with van der Waals surface area (Å²) in [6.45, 7) is 14.2. The van der Waals surface area contributed by atoms with E-state index in [1.165, 1.54) is 77.9 Å². The van der Waals surface area contributed by atoms with Gasteiger partial charge in [0.15, 0.2) is 0 Å². The van der Waals surface area contributed by atoms with E-state index in [0.717, 1.165) is 45.3 Å². The molecule has 0 bridgehead atoms. The lowest BCUT2D eigenvalue weighted by atomic mass is 9.82. The Morgan fingerprint density at radius 2 is 0.521 bits per heavy atom. The summed E-state index contributed by atoms with van der Waals surface area (Å²) in [7, 11) is 0. The summed E-state index contributed by atoms with van der Waals surface area (Å²) < 4.78 is 0. The molecule has 10 aromatic rings. The minimum Gasteiger partial charge on any atom is -0.310 e. The average molecular weight is 939 g/mol. The van der Waals surface area contributed by atoms with Crippen LogP contribution in [0.2, 0.25) is 0 Å². The summed E-state index contributed by atoms with van der Waals surface area (Å²) in [5, 5.41) is 0. The Balaban J connectivity index is 0.826. The maximum Gasteiger partial charge on any atom is 0.0465 e. The molecular formula is C71H58N2. The van der Waals surface area contributed by atoms with Gasteiger partial charge >= 0.3 is 0 Å². The topological polar surface area (TPSA) is 6.48 Å². The molecule has 0 aromatic heterocycles. The summed E-state index contributed by atoms with van der Waals surface area (Å²) in [6.07, 6.45) is 4.46. The van der Waals surface area contributed by atoms with Crippen molar-refractivity contribution in [3.8, 4) is 44.5 Å². The Morgan fingerprint density at radius 1 is 0.247 bits per heavy atom. The van der Waals surface area contributed by atoms with Gasteiger partial charge in [-0.05, 0) is 162 Å². The molecule has 0 spiro atoms. The number of hydrogen-bond acceptors (Lipinski definition) is 2. The van der Waals surface area contributed by atoms with Crippen LogP contribution in [0.25, 0.3) is 56.7 Å². The van der Waals surface area contributed by atoms with Crippen LogP contribution in [0.1, 0.15) is 86.1 Å². The highest BCUT2D eigenvalue weighted by Gasteiger charge is 2.39. The van der Waals surface area contributed by atoms with Crippen LogP contribution in [0.3, 0.4) is 0 Å². The lowest BCUT2D eigenvalue weighted by Crippen LogP contribution is -2.18. The summed E-state index contributed by atoms with van der Waals surface area (Å²) in [5.74, 6) is 0. The first-order valence-corrected chi connectivity index (χ1v) is 25.8. The van der Waals surface area contributed by atoms with Gasteiger partial charge in [0.1, 0.15) is 0 Å². The molecule has 0 atom stereocenters. The number of anilines is 6. The van der Waals surface area contributed by atoms with Crippen molar-refractivity contribution in [1.29, 1.82) is 0 Å². The summed E-state index contributed by atoms with van der Waals surface area (Å²) in [4.78, 5) is 4.85. The quantitative estimate of drug-likeness (QED) is 0.133. The molecule has 10 aromatic carbocycles. The fourth-order valence-corrected chi connectivity index (χ4v) is 12.5. The largest absolute Gasteiger partial charge is 0.310 e. The molecule has 0 heterocycles. The summed E-state index contributed by atoms with van der Waals surface area (Å²) in [6, 6.07) is 85.5. The molecule has 0 unspecified atom stereocenters. The van der Waals surface area contributed by atoms with Crippen LogP contribution in [0, 0.1) is 0 Å². The fraction of sp³-hybridized carbons (Fsp3) is 0.127. The monoisotopic (exact) mass is 938 g/mol. The Hall–Kier alpha value is -8.46. The molecule has 73 heavy (non-hydrogen) atoms. The number of benzene rings is 10. The molecule has 352 valence electrons. The van der Waals surface area contributed by atoms with Crippen molar-refractivity contribution < 1.29 is 0 Å². The van der Waals surface area contributed by atoms with Gasteiger partial charge in [0.2, 0.25) is 0 Å². The SMILES string of the molecule is CC1(C)c2ccccc2-c2ccc(N(c3ccc(/C=C\c4ccc(N(c5ccc6c(c5)C(C)(C)c5ccccc5-6)c5ccc6c(c5)C(C)(C)c5ccccc5-6)cc4)cc3)c3ccc(-c4ccccc4)cc3)cc21. The number of fused-ring (bicyclic) bond motifs is 9. The van der Waals surface area contributed by atoms with E-state index in [9.17, 15) is 0 Å². The van der Waals surface area contributed by atoms with Crippen molar-refractivity contribution in [3.63, 3.8) is 0 Å². The molecule has 3 aliphatic carbocycles. The number of hydrogen-bond donors (Lipinski definition) is 0. The van der Waals surface area contributed by atoms with Crippen LogP contribution in [0.5, 0.6) is 0 Å². The first kappa shape index (κ1) is 44.5. The van der Waals surface area contributed by atoms with E-state index in [-0.39, 0.29) is 16.2 Å². The van der Waals surface area contributed by atoms with Gasteiger partial charge in [-0.3, -0.25) is 0 Å². The molecule has 2 nitrogen and oxygen atoms in total. The molecule has 2 heteroatoms. The summed E-state index contributed by atoms with van der Waals surface area (Å²) in [5.41, 5.74) is 27.4. The van der Waals surface area contributed by atoms with E-state index >= 15 is 0 Å². The van der Waals surface area contributed by atoms with Crippen molar-refractivity contribution >= 4 is 46.3 Å². The van der Waals surface area contributed by atoms with Crippen molar-refractivity contribution in [1.82, 2.24) is 0 Å². The predicted octanol–water partition coefficient (Wildman–Crippen LogP) is 19.4. The molecule has 0 fully saturated rings. The highest BCUT2D eigenvalue weighted by atomic mass is 15.1. The number of nitrogens with zero attached hydrogens (tertiary/aromatic N) is 2. The smallest absolute Gasteiger partial charge is 0.0465 e. The van der Waals surface area contributed by atoms with Gasteiger partial charge in [-0.2, -0.15) is 0 Å². The van der Waals surface area contributed by atoms with Crippen molar-refractivity contribution in [2.45, 2.75) is 57.8 Å². The first-order chi connectivity index (χ1) is 35.4. The predicted molar refractivity (Wildman–Crippen MR) is 309 cm³/mol. The van der Waals surface area contributed by atoms with Crippen LogP contribution in [-0.2, 0) is 16.2 Å². The van der Waals surface area contributed by atoms with Gasteiger partial charge < -0.3 is 9.80 Å². The van der Waals surface area contributed by atoms with Crippen LogP contribution in [-0.4, -0.2) is 0 Å². The highest BCUT2D eigenvalue weighted by molar-refractivity contribution is 5.90. The van der Waals surface area contributed by atoms with E-state index in [1.54, 1.807) is 0 Å². The second-order valence-electron chi connectivity index (χ2n) is 21.8. The average Bonchev–Trinajstić information content (AvgIpc) is 3.91. The van der Waals surface area contributed by atoms with Crippen molar-refractivity contribution in [3.05, 3.63) is 275 Å². The van der Waals surface area contributed by atoms with Crippen LogP contribution >= 0.6 is 0 Å². The Kier molecular flexibility index (Phi) is 10.3. The van der Waals surface area contributed by atoms with Crippen LogP contribution in [0.15, 0.2) is 231 Å². The van der Waals surface area contributed by atoms with Gasteiger partial charge in [0.25, 0.3) is 0 Å². The fourth-order valence-electron chi connectivity index (χ4n) is 12.5. The molecule has 0 saturated carbocycles. The second kappa shape index (κ2) is 16.8. The van der Waals surface area contributed by atoms with Gasteiger partial charge in [-0.25, -0.2) is 0 Å². The first-order valence-electron chi connectivity index (χ1n) is 25.8. The molecule has 0 amide bonds. The van der Waals surface area contributed by atoms with Gasteiger partial charge in [0, 0.05) is 50.4 Å². The molecule has 13 rings (SSSR count). The van der Waals surface area contributed by atoms with E-state index in [0.29, 0.717) is 0 Å². The maximum atomic E-state index is 2.45. The highest BCUT2D eigenvalue weighted by Crippen LogP contribution is 2.54.